The van der Waals surface area contributed by atoms with Crippen LogP contribution in [-0.2, 0) is 23.9 Å². The Balaban J connectivity index is -0.000000171. The number of ether oxygens (including phenoxy) is 2. The van der Waals surface area contributed by atoms with Crippen LogP contribution in [0.4, 0.5) is 17.6 Å². The lowest BCUT2D eigenvalue weighted by atomic mass is 10.1. The van der Waals surface area contributed by atoms with Gasteiger partial charge >= 0.3 is 12.1 Å². The molecule has 0 spiro atoms. The molecule has 0 aromatic heterocycles. The topological polar surface area (TPSA) is 98.9 Å². The first-order chi connectivity index (χ1) is 22.5. The first kappa shape index (κ1) is 54.3. The smallest absolute Gasteiger partial charge is 0.415 e. The summed E-state index contributed by atoms with van der Waals surface area (Å²) in [6.07, 6.45) is 16.9. The van der Waals surface area contributed by atoms with Crippen LogP contribution in [0.1, 0.15) is 127 Å². The van der Waals surface area contributed by atoms with Crippen LogP contribution in [0.15, 0.2) is 35.7 Å². The van der Waals surface area contributed by atoms with Gasteiger partial charge in [0.15, 0.2) is 0 Å². The van der Waals surface area contributed by atoms with Crippen molar-refractivity contribution in [2.24, 2.45) is 11.7 Å². The number of amides is 2. The number of primary amides is 1. The van der Waals surface area contributed by atoms with Crippen molar-refractivity contribution in [1.82, 2.24) is 4.90 Å². The number of nitrogens with two attached hydrogens (primary N) is 1. The average molecular weight is 695 g/mol. The van der Waals surface area contributed by atoms with E-state index in [0.717, 1.165) is 52.1 Å². The number of nitrogens with zero attached hydrogens (tertiary/aromatic N) is 1. The summed E-state index contributed by atoms with van der Waals surface area (Å²) in [5.41, 5.74) is 4.07. The molecule has 0 aromatic rings. The van der Waals surface area contributed by atoms with E-state index in [-0.39, 0.29) is 18.3 Å². The summed E-state index contributed by atoms with van der Waals surface area (Å²) in [6, 6.07) is 0. The second-order valence-electron chi connectivity index (χ2n) is 10.3. The van der Waals surface area contributed by atoms with Crippen molar-refractivity contribution in [2.75, 3.05) is 27.3 Å². The summed E-state index contributed by atoms with van der Waals surface area (Å²) >= 11 is 0. The number of hydrogen-bond donors (Lipinski definition) is 1. The molecule has 1 aliphatic heterocycles. The van der Waals surface area contributed by atoms with E-state index in [9.17, 15) is 31.9 Å². The van der Waals surface area contributed by atoms with Crippen LogP contribution in [-0.4, -0.2) is 62.3 Å². The van der Waals surface area contributed by atoms with Gasteiger partial charge in [-0.2, -0.15) is 13.2 Å². The Bertz CT molecular complexity index is 922. The maximum atomic E-state index is 12.0. The fourth-order valence-electron chi connectivity index (χ4n) is 3.57. The lowest BCUT2D eigenvalue weighted by Crippen LogP contribution is -2.30. The number of allylic oxidation sites excluding steroid dienone is 5. The molecule has 1 saturated heterocycles. The lowest BCUT2D eigenvalue weighted by molar-refractivity contribution is -0.138. The number of carbonyl (C=O) groups is 3. The number of unbranched alkanes of at least 4 members (excludes halogenated alkanes) is 1. The molecule has 1 rings (SSSR count). The summed E-state index contributed by atoms with van der Waals surface area (Å²) in [7, 11) is 2.87. The van der Waals surface area contributed by atoms with Gasteiger partial charge in [-0.1, -0.05) is 71.8 Å². The fourth-order valence-corrected chi connectivity index (χ4v) is 3.57. The van der Waals surface area contributed by atoms with Crippen molar-refractivity contribution in [3.63, 3.8) is 0 Å². The van der Waals surface area contributed by atoms with Gasteiger partial charge in [-0.05, 0) is 71.6 Å². The summed E-state index contributed by atoms with van der Waals surface area (Å²) in [6.45, 7) is 17.4. The van der Waals surface area contributed by atoms with E-state index >= 15 is 0 Å². The van der Waals surface area contributed by atoms with Gasteiger partial charge in [0.05, 0.1) is 12.7 Å². The quantitative estimate of drug-likeness (QED) is 0.0721. The molecule has 7 nitrogen and oxygen atoms in total. The number of esters is 1. The molecule has 2 unspecified atom stereocenters. The highest BCUT2D eigenvalue weighted by atomic mass is 19.4. The predicted molar refractivity (Wildman–Crippen MR) is 191 cm³/mol. The van der Waals surface area contributed by atoms with Gasteiger partial charge in [-0.25, -0.2) is 4.39 Å². The predicted octanol–water partition coefficient (Wildman–Crippen LogP) is 9.66. The molecular weight excluding hydrogens is 628 g/mol. The summed E-state index contributed by atoms with van der Waals surface area (Å²) in [4.78, 5) is 33.9. The minimum Gasteiger partial charge on any atom is -0.469 e. The first-order valence-corrected chi connectivity index (χ1v) is 16.8. The Labute approximate surface area is 289 Å². The Morgan fingerprint density at radius 1 is 1.08 bits per heavy atom. The molecule has 282 valence electrons. The minimum atomic E-state index is -4.51. The number of carbonyl (C=O) groups excluding carboxylic acids is 3. The summed E-state index contributed by atoms with van der Waals surface area (Å²) < 4.78 is 56.1. The minimum absolute atomic E-state index is 0.245. The van der Waals surface area contributed by atoms with Crippen LogP contribution in [0.25, 0.3) is 0 Å². The number of hydrogen-bond acceptors (Lipinski definition) is 5. The Morgan fingerprint density at radius 3 is 1.98 bits per heavy atom. The van der Waals surface area contributed by atoms with E-state index in [0.29, 0.717) is 18.2 Å². The second kappa shape index (κ2) is 38.3. The van der Waals surface area contributed by atoms with Gasteiger partial charge in [-0.15, -0.1) is 12.3 Å². The Morgan fingerprint density at radius 2 is 1.62 bits per heavy atom. The highest BCUT2D eigenvalue weighted by Crippen LogP contribution is 2.30. The number of rotatable bonds is 12. The zero-order valence-corrected chi connectivity index (χ0v) is 31.6. The molecule has 0 bridgehead atoms. The molecule has 0 aromatic carbocycles. The zero-order chi connectivity index (χ0) is 38.6. The maximum absolute atomic E-state index is 12.0. The zero-order valence-electron chi connectivity index (χ0n) is 31.6. The van der Waals surface area contributed by atoms with Gasteiger partial charge in [0.25, 0.3) is 0 Å². The largest absolute Gasteiger partial charge is 0.469 e. The molecule has 48 heavy (non-hydrogen) atoms. The Hall–Kier alpha value is -3.13. The molecule has 1 fully saturated rings. The van der Waals surface area contributed by atoms with Crippen molar-refractivity contribution in [3.8, 4) is 12.3 Å². The molecule has 0 saturated carbocycles. The van der Waals surface area contributed by atoms with Crippen LogP contribution in [0.3, 0.4) is 0 Å². The van der Waals surface area contributed by atoms with Crippen molar-refractivity contribution < 1.29 is 41.4 Å². The highest BCUT2D eigenvalue weighted by molar-refractivity contribution is 5.78. The molecule has 0 radical (unpaired) electrons. The van der Waals surface area contributed by atoms with Gasteiger partial charge in [0, 0.05) is 33.5 Å². The van der Waals surface area contributed by atoms with E-state index in [1.54, 1.807) is 6.92 Å². The molecule has 11 heteroatoms. The lowest BCUT2D eigenvalue weighted by Gasteiger charge is -2.19. The number of terminal acetylenes is 1. The van der Waals surface area contributed by atoms with Gasteiger partial charge in [0.2, 0.25) is 11.8 Å². The van der Waals surface area contributed by atoms with Gasteiger partial charge < -0.3 is 20.1 Å². The van der Waals surface area contributed by atoms with Crippen molar-refractivity contribution in [3.05, 3.63) is 35.7 Å². The third kappa shape index (κ3) is 39.1. The molecule has 2 atom stereocenters. The van der Waals surface area contributed by atoms with E-state index in [1.165, 1.54) is 47.3 Å². The first-order valence-electron chi connectivity index (χ1n) is 16.8. The van der Waals surface area contributed by atoms with Crippen molar-refractivity contribution >= 4 is 17.8 Å². The number of likely N-dealkylation sites (tertiary alicyclic amines) is 1. The molecule has 2 N–H and O–H groups in total. The van der Waals surface area contributed by atoms with Crippen LogP contribution >= 0.6 is 0 Å². The Kier molecular flexibility index (Phi) is 43.4. The standard InChI is InChI=1S/C12H23NO2.C11H19NO.C6H8F4.C3H6O2.C3H4.C2H6/c1-4-10(2)8-6-5-7-9-11(15-3)12(13)14;1-2-3-6-9-12-10-7-4-5-8-11(12)13;1-3-5(4(2)7)6(8,9)10;1-3(4)5-2;1-3-2;1-2/h6,8,10-11H,4-5,7,9H2,1-3H3,(H2,13,14);2-3H,4-10H2,1H3;3H2,1-2H3;1-2H3;1H,2H3;1-2H3/b8-6+;3-2-;5-4-;;;. The normalized spacial score (nSPS) is 14.2. The molecular formula is C37H66F4N2O5. The highest BCUT2D eigenvalue weighted by Gasteiger charge is 2.34. The molecule has 2 amide bonds. The second-order valence-corrected chi connectivity index (χ2v) is 10.3. The van der Waals surface area contributed by atoms with E-state index in [2.05, 4.69) is 49.2 Å². The van der Waals surface area contributed by atoms with Gasteiger partial charge in [0.1, 0.15) is 11.9 Å². The van der Waals surface area contributed by atoms with E-state index < -0.39 is 23.7 Å². The number of halogens is 4. The maximum Gasteiger partial charge on any atom is 0.415 e. The summed E-state index contributed by atoms with van der Waals surface area (Å²) in [5.74, 6) is 1.48. The van der Waals surface area contributed by atoms with Crippen LogP contribution in [0, 0.1) is 18.3 Å². The number of methoxy groups -OCH3 is 2. The third-order valence-electron chi connectivity index (χ3n) is 6.42. The van der Waals surface area contributed by atoms with E-state index in [1.807, 2.05) is 31.7 Å². The van der Waals surface area contributed by atoms with E-state index in [4.69, 9.17) is 10.5 Å². The summed E-state index contributed by atoms with van der Waals surface area (Å²) in [5, 5.41) is 0. The number of alkyl halides is 3. The molecule has 1 heterocycles. The third-order valence-corrected chi connectivity index (χ3v) is 6.42. The fraction of sp³-hybridized carbons (Fsp3) is 0.703. The average Bonchev–Trinajstić information content (AvgIpc) is 3.24. The SMILES string of the molecule is C#CC.C/C=C\CCN1CCCCCC1=O.CC.CC/C(=C(\C)F)C(F)(F)F.CCC(C)/C=C/CCCC(OC)C(N)=O.COC(C)=O. The molecule has 0 aliphatic carbocycles. The van der Waals surface area contributed by atoms with Crippen LogP contribution in [0.5, 0.6) is 0 Å². The van der Waals surface area contributed by atoms with Crippen LogP contribution in [0.2, 0.25) is 0 Å². The van der Waals surface area contributed by atoms with Crippen LogP contribution < -0.4 is 5.73 Å². The van der Waals surface area contributed by atoms with Crippen molar-refractivity contribution in [1.29, 1.82) is 0 Å². The van der Waals surface area contributed by atoms with Crippen molar-refractivity contribution in [2.45, 2.75) is 139 Å². The van der Waals surface area contributed by atoms with Gasteiger partial charge in [-0.3, -0.25) is 14.4 Å². The monoisotopic (exact) mass is 694 g/mol. The molecule has 1 aliphatic rings.